The molecule has 3 rings (SSSR count). The molecular weight excluding hydrogens is 443 g/mol. The molecule has 8 nitrogen and oxygen atoms in total. The number of carbonyl (C=O) groups excluding carboxylic acids is 2. The van der Waals surface area contributed by atoms with E-state index in [1.807, 2.05) is 0 Å². The fourth-order valence-electron chi connectivity index (χ4n) is 2.89. The number of nitrogens with one attached hydrogen (secondary N) is 2. The number of aromatic nitrogens is 2. The van der Waals surface area contributed by atoms with Crippen molar-refractivity contribution >= 4 is 30.5 Å². The summed E-state index contributed by atoms with van der Waals surface area (Å²) in [6.07, 6.45) is 3.72. The molecule has 0 aliphatic carbocycles. The van der Waals surface area contributed by atoms with E-state index in [0.29, 0.717) is 10.6 Å². The van der Waals surface area contributed by atoms with Crippen molar-refractivity contribution in [3.05, 3.63) is 94.5 Å². The van der Waals surface area contributed by atoms with Crippen LogP contribution in [-0.2, 0) is 4.79 Å². The van der Waals surface area contributed by atoms with Gasteiger partial charge in [-0.15, -0.1) is 0 Å². The lowest BCUT2D eigenvalue weighted by Gasteiger charge is -2.19. The number of carbonyl (C=O) groups is 2. The van der Waals surface area contributed by atoms with Crippen molar-refractivity contribution in [3.8, 4) is 0 Å². The fourth-order valence-corrected chi connectivity index (χ4v) is 3.09. The van der Waals surface area contributed by atoms with Crippen LogP contribution < -0.4 is 10.6 Å². The van der Waals surface area contributed by atoms with Crippen LogP contribution in [0.1, 0.15) is 39.6 Å². The molecule has 0 bridgehead atoms. The van der Waals surface area contributed by atoms with Crippen molar-refractivity contribution in [3.63, 3.8) is 0 Å². The molecule has 1 atom stereocenters. The van der Waals surface area contributed by atoms with E-state index >= 15 is 0 Å². The minimum atomic E-state index is -1.65. The van der Waals surface area contributed by atoms with Gasteiger partial charge >= 0.3 is 7.12 Å². The van der Waals surface area contributed by atoms with Gasteiger partial charge < -0.3 is 20.7 Å². The van der Waals surface area contributed by atoms with Crippen LogP contribution in [0, 0.1) is 13.8 Å². The Hall–Kier alpha value is -3.27. The minimum Gasteiger partial charge on any atom is -0.426 e. The van der Waals surface area contributed by atoms with Gasteiger partial charge in [0.25, 0.3) is 5.91 Å². The van der Waals surface area contributed by atoms with Crippen molar-refractivity contribution < 1.29 is 19.6 Å². The first kappa shape index (κ1) is 26.0. The number of hydrogen-bond acceptors (Lipinski definition) is 6. The van der Waals surface area contributed by atoms with Crippen LogP contribution in [0.25, 0.3) is 0 Å². The summed E-state index contributed by atoms with van der Waals surface area (Å²) in [6, 6.07) is 14.5. The average Bonchev–Trinajstić information content (AvgIpc) is 2.78. The Morgan fingerprint density at radius 3 is 2.30 bits per heavy atom. The normalized spacial score (nSPS) is 10.9. The first-order valence-corrected chi connectivity index (χ1v) is 10.6. The van der Waals surface area contributed by atoms with Gasteiger partial charge in [-0.1, -0.05) is 59.1 Å². The molecule has 4 N–H and O–H groups in total. The number of hydrogen-bond donors (Lipinski definition) is 4. The Balaban J connectivity index is 0.000000405. The second-order valence-electron chi connectivity index (χ2n) is 7.32. The summed E-state index contributed by atoms with van der Waals surface area (Å²) in [6.45, 7) is 4.21. The van der Waals surface area contributed by atoms with E-state index in [9.17, 15) is 9.59 Å². The van der Waals surface area contributed by atoms with Crippen LogP contribution in [-0.4, -0.2) is 45.4 Å². The van der Waals surface area contributed by atoms with E-state index in [1.54, 1.807) is 24.3 Å². The molecule has 0 aliphatic heterocycles. The van der Waals surface area contributed by atoms with E-state index in [-0.39, 0.29) is 18.6 Å². The van der Waals surface area contributed by atoms with E-state index in [2.05, 4.69) is 58.7 Å². The summed E-state index contributed by atoms with van der Waals surface area (Å²) in [5.41, 5.74) is 3.42. The third-order valence-corrected chi connectivity index (χ3v) is 4.63. The summed E-state index contributed by atoms with van der Waals surface area (Å²) in [5, 5.41) is 23.2. The lowest BCUT2D eigenvalue weighted by atomic mass is 9.92. The predicted molar refractivity (Wildman–Crippen MR) is 127 cm³/mol. The maximum absolute atomic E-state index is 12.3. The number of nitrogens with zero attached hydrogens (tertiary/aromatic N) is 2. The van der Waals surface area contributed by atoms with Crippen LogP contribution >= 0.6 is 11.6 Å². The molecule has 2 aromatic carbocycles. The maximum atomic E-state index is 12.3. The summed E-state index contributed by atoms with van der Waals surface area (Å²) in [4.78, 5) is 32.0. The highest BCUT2D eigenvalue weighted by atomic mass is 35.5. The van der Waals surface area contributed by atoms with Crippen LogP contribution in [0.15, 0.2) is 67.1 Å². The van der Waals surface area contributed by atoms with Gasteiger partial charge in [0.1, 0.15) is 5.69 Å². The standard InChI is InChI=1S/C15H16BClN4O4.C8H10/c17-11-3-1-2-10(6-11)12(7-14(22)20-9-16(24)25)21-15(23)13-8-18-4-5-19-13;1-7-4-3-5-8(2)6-7/h1-6,8,12,24-25H,7,9H2,(H,20,22)(H,21,23);3-6H,1-2H3. The third kappa shape index (κ3) is 9.82. The highest BCUT2D eigenvalue weighted by Gasteiger charge is 2.21. The van der Waals surface area contributed by atoms with Gasteiger partial charge in [0.2, 0.25) is 5.91 Å². The lowest BCUT2D eigenvalue weighted by Crippen LogP contribution is -2.38. The zero-order chi connectivity index (χ0) is 24.2. The number of benzene rings is 2. The van der Waals surface area contributed by atoms with Crippen molar-refractivity contribution in [2.45, 2.75) is 26.3 Å². The highest BCUT2D eigenvalue weighted by molar-refractivity contribution is 6.41. The van der Waals surface area contributed by atoms with Crippen LogP contribution in [0.2, 0.25) is 5.02 Å². The molecule has 0 saturated heterocycles. The number of aryl methyl sites for hydroxylation is 2. The lowest BCUT2D eigenvalue weighted by molar-refractivity contribution is -0.121. The SMILES string of the molecule is Cc1cccc(C)c1.O=C(CC(NC(=O)c1cnccn1)c1cccc(Cl)c1)NCB(O)O. The summed E-state index contributed by atoms with van der Waals surface area (Å²) >= 11 is 5.98. The van der Waals surface area contributed by atoms with Crippen LogP contribution in [0.4, 0.5) is 0 Å². The first-order chi connectivity index (χ1) is 15.7. The molecule has 33 heavy (non-hydrogen) atoms. The van der Waals surface area contributed by atoms with Gasteiger partial charge in [0.15, 0.2) is 0 Å². The van der Waals surface area contributed by atoms with E-state index < -0.39 is 25.0 Å². The maximum Gasteiger partial charge on any atom is 0.472 e. The van der Waals surface area contributed by atoms with Crippen molar-refractivity contribution in [1.82, 2.24) is 20.6 Å². The predicted octanol–water partition coefficient (Wildman–Crippen LogP) is 2.42. The number of amides is 2. The van der Waals surface area contributed by atoms with Crippen LogP contribution in [0.3, 0.4) is 0 Å². The van der Waals surface area contributed by atoms with E-state index in [4.69, 9.17) is 21.6 Å². The van der Waals surface area contributed by atoms with Crippen molar-refractivity contribution in [1.29, 1.82) is 0 Å². The molecule has 1 heterocycles. The van der Waals surface area contributed by atoms with E-state index in [1.165, 1.54) is 29.7 Å². The molecule has 0 spiro atoms. The monoisotopic (exact) mass is 468 g/mol. The van der Waals surface area contributed by atoms with Crippen LogP contribution in [0.5, 0.6) is 0 Å². The highest BCUT2D eigenvalue weighted by Crippen LogP contribution is 2.21. The quantitative estimate of drug-likeness (QED) is 0.395. The number of rotatable bonds is 7. The number of halogens is 1. The van der Waals surface area contributed by atoms with E-state index in [0.717, 1.165) is 0 Å². The Morgan fingerprint density at radius 1 is 1.06 bits per heavy atom. The van der Waals surface area contributed by atoms with Gasteiger partial charge in [0.05, 0.1) is 25.1 Å². The summed E-state index contributed by atoms with van der Waals surface area (Å²) in [7, 11) is -1.65. The molecule has 1 unspecified atom stereocenters. The second kappa shape index (κ2) is 13.3. The van der Waals surface area contributed by atoms with Gasteiger partial charge in [-0.3, -0.25) is 14.6 Å². The molecule has 0 aliphatic rings. The molecule has 172 valence electrons. The van der Waals surface area contributed by atoms with Gasteiger partial charge in [-0.2, -0.15) is 0 Å². The topological polar surface area (TPSA) is 124 Å². The molecule has 2 amide bonds. The molecule has 0 saturated carbocycles. The zero-order valence-corrected chi connectivity index (χ0v) is 19.2. The Morgan fingerprint density at radius 2 is 1.76 bits per heavy atom. The Kier molecular flexibility index (Phi) is 10.5. The third-order valence-electron chi connectivity index (χ3n) is 4.40. The molecule has 10 heteroatoms. The molecular formula is C23H26BClN4O4. The first-order valence-electron chi connectivity index (χ1n) is 10.2. The fraction of sp³-hybridized carbons (Fsp3) is 0.217. The summed E-state index contributed by atoms with van der Waals surface area (Å²) < 4.78 is 0. The Bertz CT molecular complexity index is 1040. The van der Waals surface area contributed by atoms with Crippen molar-refractivity contribution in [2.75, 3.05) is 6.44 Å². The average molecular weight is 469 g/mol. The molecule has 3 aromatic rings. The minimum absolute atomic E-state index is 0.112. The zero-order valence-electron chi connectivity index (χ0n) is 18.4. The molecule has 0 radical (unpaired) electrons. The van der Waals surface area contributed by atoms with Gasteiger partial charge in [-0.25, -0.2) is 4.98 Å². The van der Waals surface area contributed by atoms with Gasteiger partial charge in [0, 0.05) is 17.4 Å². The smallest absolute Gasteiger partial charge is 0.426 e. The Labute approximate surface area is 198 Å². The van der Waals surface area contributed by atoms with Gasteiger partial charge in [-0.05, 0) is 31.5 Å². The largest absolute Gasteiger partial charge is 0.472 e. The summed E-state index contributed by atoms with van der Waals surface area (Å²) in [5.74, 6) is -0.953. The second-order valence-corrected chi connectivity index (χ2v) is 7.76. The van der Waals surface area contributed by atoms with Crippen molar-refractivity contribution in [2.24, 2.45) is 0 Å². The molecule has 0 fully saturated rings. The molecule has 1 aromatic heterocycles.